The standard InChI is InChI=1S/C15H10BrN3O/c16-13-5-6-14(12-4-2-1-3-11(12)13)19-15(20)10-7-17-9-18-8-10/h1-9H,(H,19,20). The molecule has 1 amide bonds. The minimum atomic E-state index is -0.224. The number of nitrogens with one attached hydrogen (secondary N) is 1. The summed E-state index contributed by atoms with van der Waals surface area (Å²) in [7, 11) is 0. The van der Waals surface area contributed by atoms with Crippen LogP contribution in [-0.4, -0.2) is 15.9 Å². The summed E-state index contributed by atoms with van der Waals surface area (Å²) in [6.07, 6.45) is 4.37. The number of halogens is 1. The number of amides is 1. The van der Waals surface area contributed by atoms with Crippen LogP contribution in [0.1, 0.15) is 10.4 Å². The Bertz CT molecular complexity index is 774. The van der Waals surface area contributed by atoms with Crippen molar-refractivity contribution in [3.8, 4) is 0 Å². The van der Waals surface area contributed by atoms with Crippen molar-refractivity contribution in [3.05, 3.63) is 65.2 Å². The first-order chi connectivity index (χ1) is 9.75. The summed E-state index contributed by atoms with van der Waals surface area (Å²) in [5, 5.41) is 4.92. The number of hydrogen-bond donors (Lipinski definition) is 1. The van der Waals surface area contributed by atoms with E-state index < -0.39 is 0 Å². The number of fused-ring (bicyclic) bond motifs is 1. The van der Waals surface area contributed by atoms with Gasteiger partial charge in [-0.2, -0.15) is 0 Å². The van der Waals surface area contributed by atoms with Crippen LogP contribution in [0.3, 0.4) is 0 Å². The maximum Gasteiger partial charge on any atom is 0.258 e. The monoisotopic (exact) mass is 327 g/mol. The molecule has 1 heterocycles. The average Bonchev–Trinajstić information content (AvgIpc) is 2.51. The van der Waals surface area contributed by atoms with Gasteiger partial charge in [0.25, 0.3) is 5.91 Å². The zero-order valence-corrected chi connectivity index (χ0v) is 12.0. The first-order valence-electron chi connectivity index (χ1n) is 5.99. The van der Waals surface area contributed by atoms with Crippen molar-refractivity contribution >= 4 is 38.3 Å². The fraction of sp³-hybridized carbons (Fsp3) is 0. The largest absolute Gasteiger partial charge is 0.321 e. The van der Waals surface area contributed by atoms with Crippen LogP contribution in [-0.2, 0) is 0 Å². The molecule has 1 aromatic heterocycles. The van der Waals surface area contributed by atoms with E-state index in [1.165, 1.54) is 18.7 Å². The summed E-state index contributed by atoms with van der Waals surface area (Å²) in [4.78, 5) is 19.8. The van der Waals surface area contributed by atoms with Gasteiger partial charge in [0.2, 0.25) is 0 Å². The van der Waals surface area contributed by atoms with E-state index in [1.807, 2.05) is 36.4 Å². The Kier molecular flexibility index (Phi) is 3.43. The van der Waals surface area contributed by atoms with E-state index in [4.69, 9.17) is 0 Å². The quantitative estimate of drug-likeness (QED) is 0.781. The molecule has 4 nitrogen and oxygen atoms in total. The number of rotatable bonds is 2. The maximum absolute atomic E-state index is 12.1. The molecule has 0 spiro atoms. The lowest BCUT2D eigenvalue weighted by atomic mass is 10.1. The van der Waals surface area contributed by atoms with Crippen LogP contribution in [0, 0.1) is 0 Å². The SMILES string of the molecule is O=C(Nc1ccc(Br)c2ccccc12)c1cncnc1. The molecule has 0 aliphatic carbocycles. The highest BCUT2D eigenvalue weighted by Gasteiger charge is 2.09. The zero-order valence-electron chi connectivity index (χ0n) is 10.4. The molecule has 3 rings (SSSR count). The molecule has 0 atom stereocenters. The van der Waals surface area contributed by atoms with Gasteiger partial charge in [0.1, 0.15) is 6.33 Å². The molecule has 2 aromatic carbocycles. The Morgan fingerprint density at radius 1 is 1.00 bits per heavy atom. The minimum absolute atomic E-state index is 0.224. The van der Waals surface area contributed by atoms with Crippen molar-refractivity contribution in [2.24, 2.45) is 0 Å². The summed E-state index contributed by atoms with van der Waals surface area (Å²) in [6.45, 7) is 0. The normalized spacial score (nSPS) is 10.4. The Labute approximate surface area is 124 Å². The Morgan fingerprint density at radius 3 is 2.45 bits per heavy atom. The smallest absolute Gasteiger partial charge is 0.258 e. The van der Waals surface area contributed by atoms with Crippen molar-refractivity contribution in [1.29, 1.82) is 0 Å². The third-order valence-corrected chi connectivity index (χ3v) is 3.63. The number of benzene rings is 2. The number of nitrogens with zero attached hydrogens (tertiary/aromatic N) is 2. The molecule has 5 heteroatoms. The van der Waals surface area contributed by atoms with Crippen LogP contribution in [0.15, 0.2) is 59.6 Å². The number of aromatic nitrogens is 2. The fourth-order valence-corrected chi connectivity index (χ4v) is 2.46. The molecule has 1 N–H and O–H groups in total. The summed E-state index contributed by atoms with van der Waals surface area (Å²) < 4.78 is 0.995. The van der Waals surface area contributed by atoms with Gasteiger partial charge in [-0.05, 0) is 17.5 Å². The van der Waals surface area contributed by atoms with E-state index in [0.29, 0.717) is 5.56 Å². The van der Waals surface area contributed by atoms with Gasteiger partial charge in [0.15, 0.2) is 0 Å². The van der Waals surface area contributed by atoms with E-state index in [1.54, 1.807) is 0 Å². The summed E-state index contributed by atoms with van der Waals surface area (Å²) in [5.74, 6) is -0.224. The van der Waals surface area contributed by atoms with Gasteiger partial charge in [0, 0.05) is 27.9 Å². The molecular formula is C15H10BrN3O. The average molecular weight is 328 g/mol. The van der Waals surface area contributed by atoms with E-state index in [2.05, 4.69) is 31.2 Å². The first-order valence-corrected chi connectivity index (χ1v) is 6.78. The van der Waals surface area contributed by atoms with Gasteiger partial charge in [-0.1, -0.05) is 40.2 Å². The predicted molar refractivity (Wildman–Crippen MR) is 81.6 cm³/mol. The van der Waals surface area contributed by atoms with Gasteiger partial charge in [-0.25, -0.2) is 9.97 Å². The van der Waals surface area contributed by atoms with E-state index in [0.717, 1.165) is 20.9 Å². The van der Waals surface area contributed by atoms with Crippen molar-refractivity contribution in [3.63, 3.8) is 0 Å². The highest BCUT2D eigenvalue weighted by atomic mass is 79.9. The summed E-state index contributed by atoms with van der Waals surface area (Å²) >= 11 is 3.51. The third kappa shape index (κ3) is 2.40. The lowest BCUT2D eigenvalue weighted by molar-refractivity contribution is 0.102. The Hall–Kier alpha value is -2.27. The summed E-state index contributed by atoms with van der Waals surface area (Å²) in [6, 6.07) is 11.7. The van der Waals surface area contributed by atoms with E-state index in [9.17, 15) is 4.79 Å². The molecule has 3 aromatic rings. The second kappa shape index (κ2) is 5.38. The maximum atomic E-state index is 12.1. The summed E-state index contributed by atoms with van der Waals surface area (Å²) in [5.41, 5.74) is 1.19. The topological polar surface area (TPSA) is 54.9 Å². The Balaban J connectivity index is 2.00. The highest BCUT2D eigenvalue weighted by molar-refractivity contribution is 9.10. The zero-order chi connectivity index (χ0) is 13.9. The lowest BCUT2D eigenvalue weighted by Gasteiger charge is -2.09. The number of hydrogen-bond acceptors (Lipinski definition) is 3. The highest BCUT2D eigenvalue weighted by Crippen LogP contribution is 2.30. The first kappa shape index (κ1) is 12.7. The molecule has 0 aliphatic heterocycles. The molecule has 0 unspecified atom stereocenters. The lowest BCUT2D eigenvalue weighted by Crippen LogP contribution is -2.12. The molecular weight excluding hydrogens is 318 g/mol. The van der Waals surface area contributed by atoms with Crippen molar-refractivity contribution in [2.45, 2.75) is 0 Å². The van der Waals surface area contributed by atoms with E-state index >= 15 is 0 Å². The van der Waals surface area contributed by atoms with Crippen LogP contribution in [0.5, 0.6) is 0 Å². The van der Waals surface area contributed by atoms with Gasteiger partial charge in [-0.3, -0.25) is 4.79 Å². The molecule has 0 aliphatic rings. The van der Waals surface area contributed by atoms with E-state index in [-0.39, 0.29) is 5.91 Å². The van der Waals surface area contributed by atoms with Gasteiger partial charge in [0.05, 0.1) is 5.56 Å². The van der Waals surface area contributed by atoms with Crippen molar-refractivity contribution < 1.29 is 4.79 Å². The minimum Gasteiger partial charge on any atom is -0.321 e. The second-order valence-electron chi connectivity index (χ2n) is 4.22. The molecule has 20 heavy (non-hydrogen) atoms. The molecule has 0 bridgehead atoms. The molecule has 0 saturated carbocycles. The van der Waals surface area contributed by atoms with Gasteiger partial charge < -0.3 is 5.32 Å². The molecule has 0 radical (unpaired) electrons. The molecule has 0 saturated heterocycles. The number of carbonyl (C=O) groups excluding carboxylic acids is 1. The van der Waals surface area contributed by atoms with Crippen LogP contribution in [0.2, 0.25) is 0 Å². The van der Waals surface area contributed by atoms with Gasteiger partial charge >= 0.3 is 0 Å². The molecule has 0 fully saturated rings. The third-order valence-electron chi connectivity index (χ3n) is 2.94. The van der Waals surface area contributed by atoms with Crippen LogP contribution in [0.4, 0.5) is 5.69 Å². The van der Waals surface area contributed by atoms with Crippen molar-refractivity contribution in [2.75, 3.05) is 5.32 Å². The number of anilines is 1. The van der Waals surface area contributed by atoms with Crippen LogP contribution < -0.4 is 5.32 Å². The number of carbonyl (C=O) groups is 1. The van der Waals surface area contributed by atoms with Crippen LogP contribution >= 0.6 is 15.9 Å². The van der Waals surface area contributed by atoms with Crippen molar-refractivity contribution in [1.82, 2.24) is 9.97 Å². The fourth-order valence-electron chi connectivity index (χ4n) is 1.98. The Morgan fingerprint density at radius 2 is 1.70 bits per heavy atom. The van der Waals surface area contributed by atoms with Gasteiger partial charge in [-0.15, -0.1) is 0 Å². The molecule has 98 valence electrons. The van der Waals surface area contributed by atoms with Crippen LogP contribution in [0.25, 0.3) is 10.8 Å². The second-order valence-corrected chi connectivity index (χ2v) is 5.08. The predicted octanol–water partition coefficient (Wildman–Crippen LogP) is 3.64.